The fourth-order valence-electron chi connectivity index (χ4n) is 3.91. The second-order valence-corrected chi connectivity index (χ2v) is 7.66. The second-order valence-electron chi connectivity index (χ2n) is 7.66. The largest absolute Gasteiger partial charge is 0.314 e. The number of nitrogens with zero attached hydrogens (tertiary/aromatic N) is 1. The molecule has 0 aromatic carbocycles. The summed E-state index contributed by atoms with van der Waals surface area (Å²) in [5.41, 5.74) is 2.77. The van der Waals surface area contributed by atoms with Gasteiger partial charge in [0.15, 0.2) is 0 Å². The molecule has 2 fully saturated rings. The molecule has 0 aliphatic heterocycles. The molecule has 2 aliphatic carbocycles. The van der Waals surface area contributed by atoms with Crippen molar-refractivity contribution in [3.63, 3.8) is 0 Å². The van der Waals surface area contributed by atoms with Crippen LogP contribution in [0.5, 0.6) is 0 Å². The first-order valence-corrected chi connectivity index (χ1v) is 8.78. The minimum Gasteiger partial charge on any atom is -0.314 e. The highest BCUT2D eigenvalue weighted by atomic mass is 14.9. The van der Waals surface area contributed by atoms with Gasteiger partial charge in [0.1, 0.15) is 0 Å². The van der Waals surface area contributed by atoms with Crippen LogP contribution in [-0.2, 0) is 0 Å². The van der Waals surface area contributed by atoms with Gasteiger partial charge in [-0.15, -0.1) is 0 Å². The molecule has 0 spiro atoms. The summed E-state index contributed by atoms with van der Waals surface area (Å²) in [7, 11) is 0. The van der Waals surface area contributed by atoms with Crippen LogP contribution in [0.4, 0.5) is 0 Å². The van der Waals surface area contributed by atoms with E-state index in [1.165, 1.54) is 49.8 Å². The molecule has 2 heteroatoms. The average Bonchev–Trinajstić information content (AvgIpc) is 3.29. The topological polar surface area (TPSA) is 24.9 Å². The second kappa shape index (κ2) is 6.48. The van der Waals surface area contributed by atoms with E-state index in [2.05, 4.69) is 43.3 Å². The lowest BCUT2D eigenvalue weighted by atomic mass is 9.68. The minimum absolute atomic E-state index is 0.699. The molecule has 2 saturated carbocycles. The van der Waals surface area contributed by atoms with Crippen molar-refractivity contribution in [2.24, 2.45) is 17.8 Å². The van der Waals surface area contributed by atoms with Crippen molar-refractivity contribution < 1.29 is 0 Å². The predicted octanol–water partition coefficient (Wildman–Crippen LogP) is 4.30. The van der Waals surface area contributed by atoms with Crippen molar-refractivity contribution in [3.8, 4) is 0 Å². The molecule has 3 rings (SSSR count). The monoisotopic (exact) mass is 286 g/mol. The van der Waals surface area contributed by atoms with E-state index in [0.29, 0.717) is 5.92 Å². The van der Waals surface area contributed by atoms with Gasteiger partial charge in [0.25, 0.3) is 0 Å². The highest BCUT2D eigenvalue weighted by molar-refractivity contribution is 5.22. The van der Waals surface area contributed by atoms with Crippen molar-refractivity contribution >= 4 is 0 Å². The van der Waals surface area contributed by atoms with E-state index in [-0.39, 0.29) is 0 Å². The number of rotatable bonds is 5. The summed E-state index contributed by atoms with van der Waals surface area (Å²) in [6, 6.07) is 3.19. The van der Waals surface area contributed by atoms with Gasteiger partial charge in [0.05, 0.1) is 0 Å². The van der Waals surface area contributed by atoms with E-state index in [0.717, 1.165) is 23.8 Å². The first-order valence-electron chi connectivity index (χ1n) is 8.78. The zero-order valence-corrected chi connectivity index (χ0v) is 13.8. The van der Waals surface area contributed by atoms with Crippen molar-refractivity contribution in [1.29, 1.82) is 0 Å². The number of aromatic nitrogens is 1. The normalized spacial score (nSPS) is 29.8. The van der Waals surface area contributed by atoms with Crippen LogP contribution in [0, 0.1) is 24.7 Å². The maximum absolute atomic E-state index is 4.45. The first-order chi connectivity index (χ1) is 10.1. The number of nitrogens with one attached hydrogen (secondary N) is 1. The Morgan fingerprint density at radius 3 is 2.67 bits per heavy atom. The van der Waals surface area contributed by atoms with Crippen molar-refractivity contribution in [3.05, 3.63) is 29.6 Å². The number of hydrogen-bond acceptors (Lipinski definition) is 2. The smallest absolute Gasteiger partial charge is 0.0303 e. The third kappa shape index (κ3) is 3.85. The lowest BCUT2D eigenvalue weighted by Crippen LogP contribution is -2.34. The summed E-state index contributed by atoms with van der Waals surface area (Å²) in [5.74, 6) is 3.18. The summed E-state index contributed by atoms with van der Waals surface area (Å²) in [6.07, 6.45) is 11.0. The molecule has 116 valence electrons. The maximum Gasteiger partial charge on any atom is 0.0303 e. The Bertz CT molecular complexity index is 464. The fraction of sp³-hybridized carbons (Fsp3) is 0.737. The van der Waals surface area contributed by atoms with Crippen LogP contribution >= 0.6 is 0 Å². The SMILES string of the molecule is Cc1cncc(C2CC(C(C)C)CCC2CNC2CC2)c1. The summed E-state index contributed by atoms with van der Waals surface area (Å²) < 4.78 is 0. The van der Waals surface area contributed by atoms with Gasteiger partial charge in [-0.3, -0.25) is 4.98 Å². The molecule has 3 atom stereocenters. The number of pyridine rings is 1. The van der Waals surface area contributed by atoms with Gasteiger partial charge in [-0.2, -0.15) is 0 Å². The standard InChI is InChI=1S/C19H30N2/c1-13(2)15-4-5-16(12-21-18-6-7-18)19(9-15)17-8-14(3)10-20-11-17/h8,10-11,13,15-16,18-19,21H,4-7,9,12H2,1-3H3. The summed E-state index contributed by atoms with van der Waals surface area (Å²) in [6.45, 7) is 8.14. The Kier molecular flexibility index (Phi) is 4.63. The van der Waals surface area contributed by atoms with Crippen LogP contribution in [0.15, 0.2) is 18.5 Å². The Hall–Kier alpha value is -0.890. The Morgan fingerprint density at radius 1 is 1.19 bits per heavy atom. The molecular formula is C19H30N2. The molecule has 1 aromatic rings. The quantitative estimate of drug-likeness (QED) is 0.873. The Morgan fingerprint density at radius 2 is 2.00 bits per heavy atom. The van der Waals surface area contributed by atoms with Crippen LogP contribution in [0.25, 0.3) is 0 Å². The minimum atomic E-state index is 0.699. The summed E-state index contributed by atoms with van der Waals surface area (Å²) >= 11 is 0. The van der Waals surface area contributed by atoms with E-state index in [1.54, 1.807) is 0 Å². The van der Waals surface area contributed by atoms with Crippen LogP contribution < -0.4 is 5.32 Å². The molecule has 0 radical (unpaired) electrons. The van der Waals surface area contributed by atoms with Gasteiger partial charge < -0.3 is 5.32 Å². The van der Waals surface area contributed by atoms with E-state index in [1.807, 2.05) is 6.20 Å². The third-order valence-corrected chi connectivity index (χ3v) is 5.55. The number of aryl methyl sites for hydroxylation is 1. The molecular weight excluding hydrogens is 256 g/mol. The lowest BCUT2D eigenvalue weighted by Gasteiger charge is -2.38. The van der Waals surface area contributed by atoms with Crippen molar-refractivity contribution in [2.75, 3.05) is 6.54 Å². The van der Waals surface area contributed by atoms with E-state index in [4.69, 9.17) is 0 Å². The van der Waals surface area contributed by atoms with Gasteiger partial charge in [-0.05, 0) is 80.4 Å². The van der Waals surface area contributed by atoms with Gasteiger partial charge in [-0.25, -0.2) is 0 Å². The van der Waals surface area contributed by atoms with Crippen LogP contribution in [0.1, 0.15) is 63.0 Å². The Balaban J connectivity index is 1.74. The maximum atomic E-state index is 4.45. The predicted molar refractivity (Wildman–Crippen MR) is 88.4 cm³/mol. The van der Waals surface area contributed by atoms with Crippen LogP contribution in [0.3, 0.4) is 0 Å². The van der Waals surface area contributed by atoms with Gasteiger partial charge in [0, 0.05) is 18.4 Å². The Labute approximate surface area is 129 Å². The highest BCUT2D eigenvalue weighted by Crippen LogP contribution is 2.43. The van der Waals surface area contributed by atoms with Gasteiger partial charge in [-0.1, -0.05) is 19.9 Å². The highest BCUT2D eigenvalue weighted by Gasteiger charge is 2.34. The summed E-state index contributed by atoms with van der Waals surface area (Å²) in [5, 5.41) is 3.76. The summed E-state index contributed by atoms with van der Waals surface area (Å²) in [4.78, 5) is 4.45. The van der Waals surface area contributed by atoms with Crippen molar-refractivity contribution in [1.82, 2.24) is 10.3 Å². The lowest BCUT2D eigenvalue weighted by molar-refractivity contribution is 0.190. The van der Waals surface area contributed by atoms with Crippen LogP contribution in [0.2, 0.25) is 0 Å². The molecule has 0 saturated heterocycles. The molecule has 1 aromatic heterocycles. The molecule has 0 amide bonds. The van der Waals surface area contributed by atoms with Crippen molar-refractivity contribution in [2.45, 2.75) is 64.8 Å². The zero-order chi connectivity index (χ0) is 14.8. The van der Waals surface area contributed by atoms with E-state index >= 15 is 0 Å². The van der Waals surface area contributed by atoms with Crippen LogP contribution in [-0.4, -0.2) is 17.6 Å². The van der Waals surface area contributed by atoms with E-state index in [9.17, 15) is 0 Å². The fourth-order valence-corrected chi connectivity index (χ4v) is 3.91. The number of hydrogen-bond donors (Lipinski definition) is 1. The molecule has 1 heterocycles. The molecule has 1 N–H and O–H groups in total. The first kappa shape index (κ1) is 15.0. The molecule has 21 heavy (non-hydrogen) atoms. The van der Waals surface area contributed by atoms with Gasteiger partial charge in [0.2, 0.25) is 0 Å². The molecule has 0 bridgehead atoms. The molecule has 2 nitrogen and oxygen atoms in total. The molecule has 3 unspecified atom stereocenters. The molecule has 2 aliphatic rings. The van der Waals surface area contributed by atoms with Gasteiger partial charge >= 0.3 is 0 Å². The van der Waals surface area contributed by atoms with E-state index < -0.39 is 0 Å². The average molecular weight is 286 g/mol. The zero-order valence-electron chi connectivity index (χ0n) is 13.8. The third-order valence-electron chi connectivity index (χ3n) is 5.55.